The summed E-state index contributed by atoms with van der Waals surface area (Å²) in [6.45, 7) is 4.09. The molecule has 1 rings (SSSR count). The molecule has 0 radical (unpaired) electrons. The van der Waals surface area contributed by atoms with E-state index < -0.39 is 6.04 Å². The third kappa shape index (κ3) is 2.91. The van der Waals surface area contributed by atoms with E-state index in [0.29, 0.717) is 30.0 Å². The topological polar surface area (TPSA) is 69.2 Å². The summed E-state index contributed by atoms with van der Waals surface area (Å²) in [5.74, 6) is 0. The molecule has 4 nitrogen and oxygen atoms in total. The van der Waals surface area contributed by atoms with E-state index in [0.717, 1.165) is 5.57 Å². The van der Waals surface area contributed by atoms with E-state index in [1.54, 1.807) is 6.08 Å². The summed E-state index contributed by atoms with van der Waals surface area (Å²) >= 11 is 5.79. The monoisotopic (exact) mass is 228 g/mol. The molecule has 5 heteroatoms. The number of nitro groups is 1. The number of nitrogens with two attached hydrogens (primary N) is 1. The van der Waals surface area contributed by atoms with Crippen molar-refractivity contribution in [2.75, 3.05) is 6.54 Å². The standard InChI is InChI=1S/C10H13ClN2O2/c1-7(11)10-6-9(13(14)15)3-2-8(10)4-5-12/h2,6,9H,1,3-5,12H2. The predicted molar refractivity (Wildman–Crippen MR) is 60.2 cm³/mol. The molecule has 82 valence electrons. The summed E-state index contributed by atoms with van der Waals surface area (Å²) in [6, 6.07) is -0.697. The van der Waals surface area contributed by atoms with Crippen LogP contribution in [-0.2, 0) is 0 Å². The summed E-state index contributed by atoms with van der Waals surface area (Å²) in [7, 11) is 0. The van der Waals surface area contributed by atoms with Crippen molar-refractivity contribution in [3.05, 3.63) is 45.0 Å². The number of hydrogen-bond donors (Lipinski definition) is 1. The van der Waals surface area contributed by atoms with Gasteiger partial charge < -0.3 is 5.73 Å². The Kier molecular flexibility index (Phi) is 4.05. The van der Waals surface area contributed by atoms with Crippen LogP contribution >= 0.6 is 11.6 Å². The fourth-order valence-electron chi connectivity index (χ4n) is 1.54. The van der Waals surface area contributed by atoms with Gasteiger partial charge in [0, 0.05) is 16.4 Å². The Hall–Kier alpha value is -1.13. The first-order chi connectivity index (χ1) is 7.06. The Bertz CT molecular complexity index is 347. The zero-order chi connectivity index (χ0) is 11.4. The van der Waals surface area contributed by atoms with Crippen LogP contribution in [0.1, 0.15) is 12.8 Å². The van der Waals surface area contributed by atoms with Crippen molar-refractivity contribution >= 4 is 11.6 Å². The number of halogens is 1. The summed E-state index contributed by atoms with van der Waals surface area (Å²) in [5, 5.41) is 11.0. The minimum absolute atomic E-state index is 0.324. The Labute approximate surface area is 93.2 Å². The molecule has 1 aliphatic rings. The van der Waals surface area contributed by atoms with Gasteiger partial charge in [0.15, 0.2) is 0 Å². The van der Waals surface area contributed by atoms with Gasteiger partial charge in [0.25, 0.3) is 0 Å². The second-order valence-electron chi connectivity index (χ2n) is 3.34. The van der Waals surface area contributed by atoms with Crippen molar-refractivity contribution in [3.8, 4) is 0 Å². The lowest BCUT2D eigenvalue weighted by molar-refractivity contribution is -0.508. The SMILES string of the molecule is C=C(Cl)C1=CC([N+](=O)[O-])CC=C1CCN. The van der Waals surface area contributed by atoms with E-state index in [2.05, 4.69) is 6.58 Å². The van der Waals surface area contributed by atoms with Gasteiger partial charge in [-0.15, -0.1) is 0 Å². The lowest BCUT2D eigenvalue weighted by Gasteiger charge is -2.16. The second kappa shape index (κ2) is 5.09. The number of rotatable bonds is 4. The largest absolute Gasteiger partial charge is 0.330 e. The zero-order valence-electron chi connectivity index (χ0n) is 8.28. The van der Waals surface area contributed by atoms with Crippen LogP contribution in [0.25, 0.3) is 0 Å². The lowest BCUT2D eigenvalue weighted by atomic mass is 9.93. The molecule has 0 heterocycles. The zero-order valence-corrected chi connectivity index (χ0v) is 9.04. The molecule has 0 aromatic carbocycles. The third-order valence-corrected chi connectivity index (χ3v) is 2.49. The maximum absolute atomic E-state index is 10.6. The molecule has 0 spiro atoms. The highest BCUT2D eigenvalue weighted by molar-refractivity contribution is 6.32. The normalized spacial score (nSPS) is 20.5. The quantitative estimate of drug-likeness (QED) is 0.591. The van der Waals surface area contributed by atoms with E-state index in [1.807, 2.05) is 6.08 Å². The Morgan fingerprint density at radius 2 is 2.47 bits per heavy atom. The fraction of sp³-hybridized carbons (Fsp3) is 0.400. The first-order valence-electron chi connectivity index (χ1n) is 4.65. The number of hydrogen-bond acceptors (Lipinski definition) is 3. The molecule has 0 aromatic heterocycles. The second-order valence-corrected chi connectivity index (χ2v) is 3.80. The molecule has 1 atom stereocenters. The molecule has 15 heavy (non-hydrogen) atoms. The van der Waals surface area contributed by atoms with Crippen molar-refractivity contribution in [1.82, 2.24) is 0 Å². The van der Waals surface area contributed by atoms with Gasteiger partial charge in [-0.3, -0.25) is 10.1 Å². The highest BCUT2D eigenvalue weighted by Crippen LogP contribution is 2.29. The predicted octanol–water partition coefficient (Wildman–Crippen LogP) is 1.99. The van der Waals surface area contributed by atoms with E-state index >= 15 is 0 Å². The molecule has 0 saturated heterocycles. The summed E-state index contributed by atoms with van der Waals surface area (Å²) in [5.41, 5.74) is 7.06. The smallest absolute Gasteiger partial charge is 0.235 e. The van der Waals surface area contributed by atoms with Gasteiger partial charge in [0.2, 0.25) is 6.04 Å². The van der Waals surface area contributed by atoms with E-state index in [-0.39, 0.29) is 4.92 Å². The van der Waals surface area contributed by atoms with Crippen LogP contribution in [0.5, 0.6) is 0 Å². The maximum Gasteiger partial charge on any atom is 0.235 e. The number of allylic oxidation sites excluding steroid dienone is 2. The molecule has 0 amide bonds. The van der Waals surface area contributed by atoms with Crippen molar-refractivity contribution in [1.29, 1.82) is 0 Å². The molecular formula is C10H13ClN2O2. The molecule has 2 N–H and O–H groups in total. The molecule has 0 saturated carbocycles. The average Bonchev–Trinajstić information content (AvgIpc) is 2.18. The Balaban J connectivity index is 2.92. The van der Waals surface area contributed by atoms with Gasteiger partial charge in [-0.05, 0) is 30.2 Å². The molecule has 0 aromatic rings. The van der Waals surface area contributed by atoms with Crippen molar-refractivity contribution in [3.63, 3.8) is 0 Å². The highest BCUT2D eigenvalue weighted by Gasteiger charge is 2.23. The average molecular weight is 229 g/mol. The van der Waals surface area contributed by atoms with Gasteiger partial charge in [-0.1, -0.05) is 24.3 Å². The van der Waals surface area contributed by atoms with Gasteiger partial charge in [-0.25, -0.2) is 0 Å². The minimum atomic E-state index is -0.697. The molecule has 0 bridgehead atoms. The molecule has 1 aliphatic carbocycles. The van der Waals surface area contributed by atoms with Gasteiger partial charge in [0.1, 0.15) is 0 Å². The molecule has 1 unspecified atom stereocenters. The van der Waals surface area contributed by atoms with Crippen molar-refractivity contribution in [2.45, 2.75) is 18.9 Å². The Morgan fingerprint density at radius 3 is 2.93 bits per heavy atom. The van der Waals surface area contributed by atoms with Gasteiger partial charge in [-0.2, -0.15) is 0 Å². The van der Waals surface area contributed by atoms with E-state index in [9.17, 15) is 10.1 Å². The molecule has 0 aliphatic heterocycles. The lowest BCUT2D eigenvalue weighted by Crippen LogP contribution is -2.20. The van der Waals surface area contributed by atoms with Crippen molar-refractivity contribution in [2.24, 2.45) is 5.73 Å². The van der Waals surface area contributed by atoms with Crippen LogP contribution in [0.15, 0.2) is 34.9 Å². The van der Waals surface area contributed by atoms with Crippen molar-refractivity contribution < 1.29 is 4.92 Å². The molecular weight excluding hydrogens is 216 g/mol. The van der Waals surface area contributed by atoms with Crippen LogP contribution in [0, 0.1) is 10.1 Å². The molecule has 0 fully saturated rings. The first-order valence-corrected chi connectivity index (χ1v) is 5.03. The van der Waals surface area contributed by atoms with Crippen LogP contribution < -0.4 is 5.73 Å². The van der Waals surface area contributed by atoms with E-state index in [1.165, 1.54) is 0 Å². The van der Waals surface area contributed by atoms with Crippen LogP contribution in [0.2, 0.25) is 0 Å². The fourth-order valence-corrected chi connectivity index (χ4v) is 1.73. The third-order valence-electron chi connectivity index (χ3n) is 2.29. The minimum Gasteiger partial charge on any atom is -0.330 e. The summed E-state index contributed by atoms with van der Waals surface area (Å²) < 4.78 is 0. The van der Waals surface area contributed by atoms with E-state index in [4.69, 9.17) is 17.3 Å². The summed E-state index contributed by atoms with van der Waals surface area (Å²) in [6.07, 6.45) is 4.45. The van der Waals surface area contributed by atoms with Crippen LogP contribution in [0.3, 0.4) is 0 Å². The van der Waals surface area contributed by atoms with Crippen LogP contribution in [-0.4, -0.2) is 17.5 Å². The number of nitrogens with zero attached hydrogens (tertiary/aromatic N) is 1. The van der Waals surface area contributed by atoms with Gasteiger partial charge >= 0.3 is 0 Å². The highest BCUT2D eigenvalue weighted by atomic mass is 35.5. The first kappa shape index (κ1) is 11.9. The van der Waals surface area contributed by atoms with Gasteiger partial charge in [0.05, 0.1) is 0 Å². The maximum atomic E-state index is 10.6. The summed E-state index contributed by atoms with van der Waals surface area (Å²) in [4.78, 5) is 10.3. The van der Waals surface area contributed by atoms with Crippen LogP contribution in [0.4, 0.5) is 0 Å². The Morgan fingerprint density at radius 1 is 1.80 bits per heavy atom.